The molecule has 0 aliphatic heterocycles. The van der Waals surface area contributed by atoms with Crippen LogP contribution in [0.15, 0.2) is 30.6 Å². The van der Waals surface area contributed by atoms with E-state index in [0.717, 1.165) is 17.1 Å². The lowest BCUT2D eigenvalue weighted by atomic mass is 10.1. The van der Waals surface area contributed by atoms with Gasteiger partial charge in [0.1, 0.15) is 5.82 Å². The molecule has 0 amide bonds. The highest BCUT2D eigenvalue weighted by Crippen LogP contribution is 2.29. The minimum Gasteiger partial charge on any atom is -0.392 e. The smallest absolute Gasteiger partial charge is 0.127 e. The molecule has 1 N–H and O–H groups in total. The highest BCUT2D eigenvalue weighted by Gasteiger charge is 2.13. The van der Waals surface area contributed by atoms with Crippen LogP contribution in [0.3, 0.4) is 0 Å². The van der Waals surface area contributed by atoms with Gasteiger partial charge in [-0.1, -0.05) is 23.7 Å². The van der Waals surface area contributed by atoms with E-state index in [1.807, 2.05) is 48.0 Å². The van der Waals surface area contributed by atoms with Crippen molar-refractivity contribution in [1.82, 2.24) is 9.55 Å². The number of imidazole rings is 1. The quantitative estimate of drug-likeness (QED) is 0.922. The van der Waals surface area contributed by atoms with Gasteiger partial charge in [0.05, 0.1) is 23.9 Å². The topological polar surface area (TPSA) is 41.3 Å². The van der Waals surface area contributed by atoms with E-state index in [0.29, 0.717) is 11.6 Å². The lowest BCUT2D eigenvalue weighted by molar-refractivity contribution is 0.282. The van der Waals surface area contributed by atoms with E-state index >= 15 is 0 Å². The Morgan fingerprint density at radius 3 is 2.83 bits per heavy atom. The number of aliphatic hydroxyl groups excluding tert-OH is 1. The largest absolute Gasteiger partial charge is 0.392 e. The van der Waals surface area contributed by atoms with Gasteiger partial charge in [-0.05, 0) is 6.07 Å². The molecular weight excluding hydrogens is 250 g/mol. The molecule has 0 saturated heterocycles. The summed E-state index contributed by atoms with van der Waals surface area (Å²) in [5.74, 6) is 0.946. The van der Waals surface area contributed by atoms with Crippen molar-refractivity contribution < 1.29 is 5.11 Å². The third-order valence-corrected chi connectivity index (χ3v) is 3.23. The van der Waals surface area contributed by atoms with Crippen LogP contribution in [0.1, 0.15) is 11.4 Å². The van der Waals surface area contributed by atoms with Crippen molar-refractivity contribution in [2.75, 3.05) is 11.9 Å². The maximum Gasteiger partial charge on any atom is 0.127 e. The molecule has 0 aliphatic carbocycles. The molecule has 0 bridgehead atoms. The van der Waals surface area contributed by atoms with Gasteiger partial charge in [-0.25, -0.2) is 4.98 Å². The summed E-state index contributed by atoms with van der Waals surface area (Å²) in [6.07, 6.45) is 3.67. The second-order valence-electron chi connectivity index (χ2n) is 4.22. The molecule has 0 unspecified atom stereocenters. The molecule has 5 heteroatoms. The average Bonchev–Trinajstić information content (AvgIpc) is 2.74. The van der Waals surface area contributed by atoms with E-state index in [2.05, 4.69) is 4.98 Å². The van der Waals surface area contributed by atoms with Crippen LogP contribution in [0.25, 0.3) is 0 Å². The summed E-state index contributed by atoms with van der Waals surface area (Å²) in [7, 11) is 3.89. The normalized spacial score (nSPS) is 10.7. The number of nitrogens with zero attached hydrogens (tertiary/aromatic N) is 3. The van der Waals surface area contributed by atoms with Gasteiger partial charge < -0.3 is 14.6 Å². The van der Waals surface area contributed by atoms with Crippen LogP contribution < -0.4 is 4.90 Å². The molecule has 0 spiro atoms. The number of aryl methyl sites for hydroxylation is 1. The molecule has 4 nitrogen and oxygen atoms in total. The monoisotopic (exact) mass is 265 g/mol. The number of hydrogen-bond donors (Lipinski definition) is 1. The van der Waals surface area contributed by atoms with E-state index in [9.17, 15) is 5.11 Å². The molecule has 0 aliphatic rings. The molecule has 0 saturated carbocycles. The molecular formula is C13H16ClN3O. The fourth-order valence-corrected chi connectivity index (χ4v) is 2.29. The molecule has 2 rings (SSSR count). The fourth-order valence-electron chi connectivity index (χ4n) is 1.96. The highest BCUT2D eigenvalue weighted by atomic mass is 35.5. The fraction of sp³-hybridized carbons (Fsp3) is 0.308. The Labute approximate surface area is 111 Å². The summed E-state index contributed by atoms with van der Waals surface area (Å²) in [6, 6.07) is 5.53. The van der Waals surface area contributed by atoms with Crippen molar-refractivity contribution in [3.63, 3.8) is 0 Å². The van der Waals surface area contributed by atoms with Crippen molar-refractivity contribution in [3.05, 3.63) is 47.0 Å². The number of benzene rings is 1. The SMILES string of the molecule is CN(Cc1nccn1C)c1c(Cl)cccc1CO. The van der Waals surface area contributed by atoms with Crippen LogP contribution in [0.2, 0.25) is 5.02 Å². The van der Waals surface area contributed by atoms with Crippen LogP contribution in [0.5, 0.6) is 0 Å². The Hall–Kier alpha value is -1.52. The summed E-state index contributed by atoms with van der Waals surface area (Å²) in [5, 5.41) is 10.0. The summed E-state index contributed by atoms with van der Waals surface area (Å²) in [5.41, 5.74) is 1.67. The van der Waals surface area contributed by atoms with Crippen molar-refractivity contribution >= 4 is 17.3 Å². The lowest BCUT2D eigenvalue weighted by Crippen LogP contribution is -2.20. The number of aromatic nitrogens is 2. The maximum absolute atomic E-state index is 9.37. The molecule has 2 aromatic rings. The molecule has 96 valence electrons. The van der Waals surface area contributed by atoms with Gasteiger partial charge in [0.25, 0.3) is 0 Å². The predicted molar refractivity (Wildman–Crippen MR) is 72.7 cm³/mol. The van der Waals surface area contributed by atoms with E-state index in [-0.39, 0.29) is 6.61 Å². The first-order chi connectivity index (χ1) is 8.63. The average molecular weight is 266 g/mol. The van der Waals surface area contributed by atoms with Crippen molar-refractivity contribution in [1.29, 1.82) is 0 Å². The number of hydrogen-bond acceptors (Lipinski definition) is 3. The number of aliphatic hydroxyl groups is 1. The third-order valence-electron chi connectivity index (χ3n) is 2.92. The number of halogens is 1. The lowest BCUT2D eigenvalue weighted by Gasteiger charge is -2.22. The molecule has 1 aromatic heterocycles. The van der Waals surface area contributed by atoms with Gasteiger partial charge in [-0.15, -0.1) is 0 Å². The molecule has 18 heavy (non-hydrogen) atoms. The molecule has 1 aromatic carbocycles. The first kappa shape index (κ1) is 12.9. The standard InChI is InChI=1S/C13H16ClN3O/c1-16-7-6-15-12(16)8-17(2)13-10(9-18)4-3-5-11(13)14/h3-7,18H,8-9H2,1-2H3. The van der Waals surface area contributed by atoms with Gasteiger partial charge in [0.15, 0.2) is 0 Å². The molecule has 0 fully saturated rings. The van der Waals surface area contributed by atoms with Crippen LogP contribution in [-0.2, 0) is 20.2 Å². The van der Waals surface area contributed by atoms with E-state index < -0.39 is 0 Å². The van der Waals surface area contributed by atoms with Crippen LogP contribution in [0.4, 0.5) is 5.69 Å². The Kier molecular flexibility index (Phi) is 3.89. The maximum atomic E-state index is 9.37. The molecule has 0 atom stereocenters. The third kappa shape index (κ3) is 2.49. The summed E-state index contributed by atoms with van der Waals surface area (Å²) >= 11 is 6.20. The van der Waals surface area contributed by atoms with Crippen LogP contribution >= 0.6 is 11.6 Å². The van der Waals surface area contributed by atoms with Crippen molar-refractivity contribution in [2.24, 2.45) is 7.05 Å². The summed E-state index contributed by atoms with van der Waals surface area (Å²) < 4.78 is 1.96. The van der Waals surface area contributed by atoms with Crippen LogP contribution in [-0.4, -0.2) is 21.7 Å². The van der Waals surface area contributed by atoms with E-state index in [1.165, 1.54) is 0 Å². The van der Waals surface area contributed by atoms with Crippen molar-refractivity contribution in [3.8, 4) is 0 Å². The highest BCUT2D eigenvalue weighted by molar-refractivity contribution is 6.33. The van der Waals surface area contributed by atoms with Gasteiger partial charge in [-0.3, -0.25) is 0 Å². The minimum absolute atomic E-state index is 0.0270. The Bertz CT molecular complexity index is 539. The zero-order chi connectivity index (χ0) is 13.1. The van der Waals surface area contributed by atoms with Crippen LogP contribution in [0, 0.1) is 0 Å². The summed E-state index contributed by atoms with van der Waals surface area (Å²) in [6.45, 7) is 0.612. The first-order valence-electron chi connectivity index (χ1n) is 5.69. The number of rotatable bonds is 4. The van der Waals surface area contributed by atoms with Gasteiger partial charge in [0, 0.05) is 32.1 Å². The van der Waals surface area contributed by atoms with E-state index in [1.54, 1.807) is 6.20 Å². The first-order valence-corrected chi connectivity index (χ1v) is 6.07. The number of para-hydroxylation sites is 1. The molecule has 0 radical (unpaired) electrons. The van der Waals surface area contributed by atoms with Gasteiger partial charge in [0.2, 0.25) is 0 Å². The number of anilines is 1. The van der Waals surface area contributed by atoms with Crippen molar-refractivity contribution in [2.45, 2.75) is 13.2 Å². The Balaban J connectivity index is 2.29. The Morgan fingerprint density at radius 2 is 2.22 bits per heavy atom. The zero-order valence-corrected chi connectivity index (χ0v) is 11.2. The molecule has 1 heterocycles. The Morgan fingerprint density at radius 1 is 1.44 bits per heavy atom. The second kappa shape index (κ2) is 5.42. The predicted octanol–water partition coefficient (Wildman–Crippen LogP) is 2.20. The zero-order valence-electron chi connectivity index (χ0n) is 10.5. The minimum atomic E-state index is -0.0270. The van der Waals surface area contributed by atoms with Gasteiger partial charge in [-0.2, -0.15) is 0 Å². The second-order valence-corrected chi connectivity index (χ2v) is 4.62. The van der Waals surface area contributed by atoms with E-state index in [4.69, 9.17) is 11.6 Å². The summed E-state index contributed by atoms with van der Waals surface area (Å²) in [4.78, 5) is 6.28. The van der Waals surface area contributed by atoms with Gasteiger partial charge >= 0.3 is 0 Å².